The summed E-state index contributed by atoms with van der Waals surface area (Å²) in [4.78, 5) is 0. The predicted molar refractivity (Wildman–Crippen MR) is 26.1 cm³/mol. The topological polar surface area (TPSA) is 0 Å². The predicted octanol–water partition coefficient (Wildman–Crippen LogP) is 2.35. The first-order chi connectivity index (χ1) is 3.15. The van der Waals surface area contributed by atoms with Crippen LogP contribution in [0.15, 0.2) is 31.5 Å². The van der Waals surface area contributed by atoms with E-state index in [1.54, 1.807) is 0 Å². The van der Waals surface area contributed by atoms with E-state index < -0.39 is 6.08 Å². The zero-order chi connectivity index (χ0) is 6.28. The third kappa shape index (κ3) is 64.4. The second-order valence-electron chi connectivity index (χ2n) is 0.589. The van der Waals surface area contributed by atoms with Gasteiger partial charge in [0.25, 0.3) is 6.08 Å². The number of hydrogen-bond acceptors (Lipinski definition) is 0. The highest BCUT2D eigenvalue weighted by molar-refractivity contribution is 4.57. The second kappa shape index (κ2) is 8.93. The zero-order valence-corrected chi connectivity index (χ0v) is 3.88. The summed E-state index contributed by atoms with van der Waals surface area (Å²) < 4.78 is 20.3. The van der Waals surface area contributed by atoms with Crippen LogP contribution in [0.1, 0.15) is 0 Å². The van der Waals surface area contributed by atoms with Crippen LogP contribution < -0.4 is 0 Å². The first-order valence-electron chi connectivity index (χ1n) is 1.44. The Hall–Kier alpha value is -0.880. The molecule has 0 aliphatic rings. The largest absolute Gasteiger partial charge is 0.263 e. The third-order valence-electron chi connectivity index (χ3n) is 0. The molecule has 2 heteroatoms. The van der Waals surface area contributed by atoms with Gasteiger partial charge in [0.2, 0.25) is 0 Å². The van der Waals surface area contributed by atoms with Crippen molar-refractivity contribution in [3.8, 4) is 0 Å². The molecule has 40 valence electrons. The van der Waals surface area contributed by atoms with Gasteiger partial charge in [-0.2, -0.15) is 8.78 Å². The molecular formula is C5H6F2. The smallest absolute Gasteiger partial charge is 0.174 e. The summed E-state index contributed by atoms with van der Waals surface area (Å²) >= 11 is 0. The van der Waals surface area contributed by atoms with Crippen molar-refractivity contribution in [2.24, 2.45) is 0 Å². The maximum Gasteiger partial charge on any atom is 0.263 e. The van der Waals surface area contributed by atoms with Gasteiger partial charge in [0.1, 0.15) is 0 Å². The van der Waals surface area contributed by atoms with E-state index in [1.807, 2.05) is 0 Å². The molecule has 0 saturated heterocycles. The lowest BCUT2D eigenvalue weighted by atomic mass is 11.0. The lowest BCUT2D eigenvalue weighted by Crippen LogP contribution is -1.33. The number of halogens is 2. The Morgan fingerprint density at radius 1 is 1.29 bits per heavy atom. The Balaban J connectivity index is 0. The maximum atomic E-state index is 10.1. The molecule has 0 N–H and O–H groups in total. The van der Waals surface area contributed by atoms with E-state index in [0.29, 0.717) is 0 Å². The fourth-order valence-corrected chi connectivity index (χ4v) is 0. The molecule has 0 saturated carbocycles. The van der Waals surface area contributed by atoms with Crippen LogP contribution >= 0.6 is 0 Å². The van der Waals surface area contributed by atoms with Gasteiger partial charge in [-0.05, 0) is 6.58 Å². The van der Waals surface area contributed by atoms with Crippen LogP contribution in [0.25, 0.3) is 0 Å². The van der Waals surface area contributed by atoms with Crippen molar-refractivity contribution in [1.82, 2.24) is 0 Å². The third-order valence-corrected chi connectivity index (χ3v) is 0. The SMILES string of the molecule is C=C(F)F.C=C=C. The van der Waals surface area contributed by atoms with Crippen molar-refractivity contribution in [3.63, 3.8) is 0 Å². The molecule has 0 spiro atoms. The Kier molecular flexibility index (Phi) is 12.1. The van der Waals surface area contributed by atoms with E-state index in [-0.39, 0.29) is 0 Å². The van der Waals surface area contributed by atoms with E-state index >= 15 is 0 Å². The standard InChI is InChI=1S/C3H4.C2H2F2/c1-3-2;1-2(3)4/h1-2H2;1H2. The van der Waals surface area contributed by atoms with Crippen LogP contribution in [0.2, 0.25) is 0 Å². The Morgan fingerprint density at radius 3 is 1.29 bits per heavy atom. The van der Waals surface area contributed by atoms with Crippen molar-refractivity contribution in [2.75, 3.05) is 0 Å². The fourth-order valence-electron chi connectivity index (χ4n) is 0. The van der Waals surface area contributed by atoms with E-state index in [0.717, 1.165) is 0 Å². The molecule has 0 unspecified atom stereocenters. The molecule has 0 amide bonds. The summed E-state index contributed by atoms with van der Waals surface area (Å²) in [5.41, 5.74) is 2.25. The minimum atomic E-state index is -1.83. The fraction of sp³-hybridized carbons (Fsp3) is 0. The minimum Gasteiger partial charge on any atom is -0.174 e. The van der Waals surface area contributed by atoms with Gasteiger partial charge in [-0.25, -0.2) is 0 Å². The molecule has 0 aromatic rings. The van der Waals surface area contributed by atoms with E-state index in [9.17, 15) is 8.78 Å². The Bertz CT molecular complexity index is 74.1. The van der Waals surface area contributed by atoms with E-state index in [4.69, 9.17) is 0 Å². The maximum absolute atomic E-state index is 10.1. The van der Waals surface area contributed by atoms with Crippen molar-refractivity contribution in [1.29, 1.82) is 0 Å². The summed E-state index contributed by atoms with van der Waals surface area (Å²) in [6, 6.07) is 0. The van der Waals surface area contributed by atoms with Gasteiger partial charge in [-0.3, -0.25) is 0 Å². The van der Waals surface area contributed by atoms with Crippen molar-refractivity contribution in [2.45, 2.75) is 0 Å². The summed E-state index contributed by atoms with van der Waals surface area (Å²) in [5.74, 6) is 0. The van der Waals surface area contributed by atoms with Crippen LogP contribution in [0, 0.1) is 0 Å². The van der Waals surface area contributed by atoms with Gasteiger partial charge in [0, 0.05) is 0 Å². The average molecular weight is 104 g/mol. The van der Waals surface area contributed by atoms with Crippen molar-refractivity contribution >= 4 is 0 Å². The molecule has 0 nitrogen and oxygen atoms in total. The van der Waals surface area contributed by atoms with Crippen LogP contribution in [0.4, 0.5) is 8.78 Å². The molecule has 0 rings (SSSR count). The summed E-state index contributed by atoms with van der Waals surface area (Å²) in [6.07, 6.45) is -1.83. The van der Waals surface area contributed by atoms with Gasteiger partial charge in [0.15, 0.2) is 0 Å². The lowest BCUT2D eigenvalue weighted by Gasteiger charge is -1.54. The normalized spacial score (nSPS) is 4.86. The molecular weight excluding hydrogens is 98.1 g/mol. The number of rotatable bonds is 0. The molecule has 0 heterocycles. The van der Waals surface area contributed by atoms with Gasteiger partial charge < -0.3 is 0 Å². The van der Waals surface area contributed by atoms with E-state index in [2.05, 4.69) is 25.5 Å². The minimum absolute atomic E-state index is 1.83. The molecule has 0 aromatic heterocycles. The molecule has 7 heavy (non-hydrogen) atoms. The van der Waals surface area contributed by atoms with Gasteiger partial charge in [0.05, 0.1) is 0 Å². The van der Waals surface area contributed by atoms with Crippen LogP contribution in [0.5, 0.6) is 0 Å². The highest BCUT2D eigenvalue weighted by atomic mass is 19.3. The van der Waals surface area contributed by atoms with E-state index in [1.165, 1.54) is 0 Å². The van der Waals surface area contributed by atoms with Crippen molar-refractivity contribution in [3.05, 3.63) is 31.5 Å². The first-order valence-corrected chi connectivity index (χ1v) is 1.44. The monoisotopic (exact) mass is 104 g/mol. The highest BCUT2D eigenvalue weighted by Crippen LogP contribution is 1.85. The lowest BCUT2D eigenvalue weighted by molar-refractivity contribution is 0.426. The Morgan fingerprint density at radius 2 is 1.29 bits per heavy atom. The van der Waals surface area contributed by atoms with Gasteiger partial charge in [-0.1, -0.05) is 13.2 Å². The van der Waals surface area contributed by atoms with Crippen LogP contribution in [-0.4, -0.2) is 0 Å². The molecule has 0 fully saturated rings. The second-order valence-corrected chi connectivity index (χ2v) is 0.589. The zero-order valence-electron chi connectivity index (χ0n) is 3.88. The molecule has 0 aromatic carbocycles. The quantitative estimate of drug-likeness (QED) is 0.414. The number of hydrogen-bond donors (Lipinski definition) is 0. The van der Waals surface area contributed by atoms with Gasteiger partial charge in [-0.15, -0.1) is 5.73 Å². The molecule has 0 bridgehead atoms. The average Bonchev–Trinajstić information content (AvgIpc) is 1.33. The van der Waals surface area contributed by atoms with Crippen LogP contribution in [-0.2, 0) is 0 Å². The Labute approximate surface area is 41.5 Å². The first kappa shape index (κ1) is 9.45. The molecule has 0 radical (unpaired) electrons. The summed E-state index contributed by atoms with van der Waals surface area (Å²) in [6.45, 7) is 8.47. The molecule has 0 aliphatic carbocycles. The van der Waals surface area contributed by atoms with Gasteiger partial charge >= 0.3 is 0 Å². The highest BCUT2D eigenvalue weighted by Gasteiger charge is 1.65. The molecule has 0 atom stereocenters. The summed E-state index contributed by atoms with van der Waals surface area (Å²) in [5, 5.41) is 0. The van der Waals surface area contributed by atoms with Crippen LogP contribution in [0.3, 0.4) is 0 Å². The molecule has 0 aliphatic heterocycles. The summed E-state index contributed by atoms with van der Waals surface area (Å²) in [7, 11) is 0. The van der Waals surface area contributed by atoms with Crippen molar-refractivity contribution < 1.29 is 8.78 Å².